The number of hydrogen-bond acceptors (Lipinski definition) is 4. The van der Waals surface area contributed by atoms with Crippen molar-refractivity contribution in [1.82, 2.24) is 5.32 Å². The first-order valence-electron chi connectivity index (χ1n) is 5.53. The van der Waals surface area contributed by atoms with Crippen molar-refractivity contribution in [1.29, 1.82) is 0 Å². The van der Waals surface area contributed by atoms with Gasteiger partial charge in [0.25, 0.3) is 0 Å². The fraction of sp³-hybridized carbons (Fsp3) is 0.417. The first kappa shape index (κ1) is 14.0. The summed E-state index contributed by atoms with van der Waals surface area (Å²) in [5, 5.41) is 3.23. The van der Waals surface area contributed by atoms with Gasteiger partial charge in [0, 0.05) is 23.7 Å². The molecule has 1 rings (SSSR count). The minimum absolute atomic E-state index is 0.000442. The molecule has 0 aliphatic carbocycles. The van der Waals surface area contributed by atoms with Crippen LogP contribution in [0.1, 0.15) is 0 Å². The fourth-order valence-electron chi connectivity index (χ4n) is 1.20. The van der Waals surface area contributed by atoms with E-state index in [1.807, 2.05) is 30.0 Å². The summed E-state index contributed by atoms with van der Waals surface area (Å²) >= 11 is 1.81. The maximum absolute atomic E-state index is 10.4. The maximum Gasteiger partial charge on any atom is 0.243 e. The molecule has 1 aromatic rings. The van der Waals surface area contributed by atoms with Gasteiger partial charge in [-0.15, -0.1) is 11.8 Å². The Morgan fingerprint density at radius 2 is 2.06 bits per heavy atom. The number of nitrogens with two attached hydrogens (primary N) is 1. The molecule has 1 aromatic carbocycles. The van der Waals surface area contributed by atoms with Gasteiger partial charge in [-0.1, -0.05) is 18.2 Å². The molecule has 0 heterocycles. The smallest absolute Gasteiger partial charge is 0.243 e. The molecular formula is C12H18N2O2S. The molecule has 0 aromatic heterocycles. The first-order valence-corrected chi connectivity index (χ1v) is 6.52. The Morgan fingerprint density at radius 1 is 1.29 bits per heavy atom. The summed E-state index contributed by atoms with van der Waals surface area (Å²) in [5.41, 5.74) is 4.93. The lowest BCUT2D eigenvalue weighted by atomic mass is 10.4. The second-order valence-electron chi connectivity index (χ2n) is 3.43. The SMILES string of the molecule is NC(=O)COCCNCCSc1ccccc1. The summed E-state index contributed by atoms with van der Waals surface area (Å²) in [5.74, 6) is 0.587. The van der Waals surface area contributed by atoms with Crippen LogP contribution >= 0.6 is 11.8 Å². The molecule has 4 nitrogen and oxygen atoms in total. The van der Waals surface area contributed by atoms with Gasteiger partial charge in [0.1, 0.15) is 6.61 Å². The lowest BCUT2D eigenvalue weighted by molar-refractivity contribution is -0.122. The summed E-state index contributed by atoms with van der Waals surface area (Å²) in [6, 6.07) is 10.3. The minimum atomic E-state index is -0.426. The van der Waals surface area contributed by atoms with E-state index in [-0.39, 0.29) is 6.61 Å². The van der Waals surface area contributed by atoms with Gasteiger partial charge >= 0.3 is 0 Å². The molecule has 0 atom stereocenters. The third-order valence-corrected chi connectivity index (χ3v) is 2.97. The van der Waals surface area contributed by atoms with Gasteiger partial charge in [-0.25, -0.2) is 0 Å². The van der Waals surface area contributed by atoms with Crippen molar-refractivity contribution in [2.24, 2.45) is 5.73 Å². The minimum Gasteiger partial charge on any atom is -0.370 e. The third kappa shape index (κ3) is 7.79. The molecule has 0 bridgehead atoms. The number of amides is 1. The Labute approximate surface area is 106 Å². The number of carbonyl (C=O) groups excluding carboxylic acids is 1. The number of nitrogens with one attached hydrogen (secondary N) is 1. The van der Waals surface area contributed by atoms with Gasteiger partial charge in [-0.2, -0.15) is 0 Å². The van der Waals surface area contributed by atoms with Gasteiger partial charge in [0.15, 0.2) is 0 Å². The molecule has 0 aliphatic heterocycles. The van der Waals surface area contributed by atoms with Crippen LogP contribution in [0.5, 0.6) is 0 Å². The quantitative estimate of drug-likeness (QED) is 0.507. The number of thioether (sulfide) groups is 1. The summed E-state index contributed by atoms with van der Waals surface area (Å²) in [6.45, 7) is 2.17. The average molecular weight is 254 g/mol. The number of rotatable bonds is 9. The zero-order valence-electron chi connectivity index (χ0n) is 9.72. The van der Waals surface area contributed by atoms with Crippen molar-refractivity contribution in [3.05, 3.63) is 30.3 Å². The number of primary amides is 1. The van der Waals surface area contributed by atoms with Crippen LogP contribution in [0.2, 0.25) is 0 Å². The molecule has 0 radical (unpaired) electrons. The third-order valence-electron chi connectivity index (χ3n) is 1.96. The zero-order valence-corrected chi connectivity index (χ0v) is 10.5. The summed E-state index contributed by atoms with van der Waals surface area (Å²) in [6.07, 6.45) is 0. The van der Waals surface area contributed by atoms with E-state index in [9.17, 15) is 4.79 Å². The number of benzene rings is 1. The molecule has 0 saturated carbocycles. The van der Waals surface area contributed by atoms with E-state index in [0.29, 0.717) is 6.61 Å². The number of ether oxygens (including phenoxy) is 1. The predicted molar refractivity (Wildman–Crippen MR) is 70.0 cm³/mol. The molecule has 5 heteroatoms. The Hall–Kier alpha value is -1.04. The molecule has 17 heavy (non-hydrogen) atoms. The van der Waals surface area contributed by atoms with E-state index >= 15 is 0 Å². The molecule has 3 N–H and O–H groups in total. The van der Waals surface area contributed by atoms with E-state index in [1.165, 1.54) is 4.90 Å². The highest BCUT2D eigenvalue weighted by Gasteiger charge is 1.94. The zero-order chi connectivity index (χ0) is 12.3. The molecule has 0 unspecified atom stereocenters. The highest BCUT2D eigenvalue weighted by molar-refractivity contribution is 7.99. The lowest BCUT2D eigenvalue weighted by Gasteiger charge is -2.05. The van der Waals surface area contributed by atoms with E-state index in [1.54, 1.807) is 0 Å². The Balaban J connectivity index is 1.90. The van der Waals surface area contributed by atoms with Crippen LogP contribution in [-0.2, 0) is 9.53 Å². The van der Waals surface area contributed by atoms with Gasteiger partial charge in [0.05, 0.1) is 6.61 Å². The van der Waals surface area contributed by atoms with Gasteiger partial charge in [0.2, 0.25) is 5.91 Å². The molecule has 1 amide bonds. The molecule has 0 saturated heterocycles. The van der Waals surface area contributed by atoms with Crippen LogP contribution in [0.15, 0.2) is 35.2 Å². The highest BCUT2D eigenvalue weighted by atomic mass is 32.2. The summed E-state index contributed by atoms with van der Waals surface area (Å²) in [7, 11) is 0. The van der Waals surface area contributed by atoms with Crippen molar-refractivity contribution in [3.63, 3.8) is 0 Å². The lowest BCUT2D eigenvalue weighted by Crippen LogP contribution is -2.25. The standard InChI is InChI=1S/C12H18N2O2S/c13-12(15)10-16-8-6-14-7-9-17-11-4-2-1-3-5-11/h1-5,14H,6-10H2,(H2,13,15). The van der Waals surface area contributed by atoms with Crippen LogP contribution in [0.4, 0.5) is 0 Å². The second-order valence-corrected chi connectivity index (χ2v) is 4.60. The molecule has 0 aliphatic rings. The van der Waals surface area contributed by atoms with E-state index in [0.717, 1.165) is 18.8 Å². The number of hydrogen-bond donors (Lipinski definition) is 2. The van der Waals surface area contributed by atoms with E-state index in [4.69, 9.17) is 10.5 Å². The van der Waals surface area contributed by atoms with Crippen LogP contribution < -0.4 is 11.1 Å². The van der Waals surface area contributed by atoms with Gasteiger partial charge in [-0.05, 0) is 12.1 Å². The van der Waals surface area contributed by atoms with E-state index < -0.39 is 5.91 Å². The number of carbonyl (C=O) groups is 1. The highest BCUT2D eigenvalue weighted by Crippen LogP contribution is 2.15. The van der Waals surface area contributed by atoms with Crippen LogP contribution in [-0.4, -0.2) is 38.0 Å². The van der Waals surface area contributed by atoms with Crippen molar-refractivity contribution in [2.45, 2.75) is 4.90 Å². The topological polar surface area (TPSA) is 64.4 Å². The second kappa shape index (κ2) is 9.04. The Kier molecular flexibility index (Phi) is 7.46. The van der Waals surface area contributed by atoms with Gasteiger partial charge in [-0.3, -0.25) is 4.79 Å². The Bertz CT molecular complexity index is 320. The van der Waals surface area contributed by atoms with E-state index in [2.05, 4.69) is 17.4 Å². The average Bonchev–Trinajstić information content (AvgIpc) is 2.33. The van der Waals surface area contributed by atoms with Crippen molar-refractivity contribution >= 4 is 17.7 Å². The van der Waals surface area contributed by atoms with Crippen LogP contribution in [0, 0.1) is 0 Å². The molecular weight excluding hydrogens is 236 g/mol. The largest absolute Gasteiger partial charge is 0.370 e. The fourth-order valence-corrected chi connectivity index (χ4v) is 2.03. The van der Waals surface area contributed by atoms with Crippen molar-refractivity contribution in [2.75, 3.05) is 32.1 Å². The molecule has 0 spiro atoms. The van der Waals surface area contributed by atoms with Gasteiger partial charge < -0.3 is 15.8 Å². The normalized spacial score (nSPS) is 10.4. The van der Waals surface area contributed by atoms with Crippen molar-refractivity contribution < 1.29 is 9.53 Å². The van der Waals surface area contributed by atoms with Crippen LogP contribution in [0.25, 0.3) is 0 Å². The van der Waals surface area contributed by atoms with Crippen LogP contribution in [0.3, 0.4) is 0 Å². The summed E-state index contributed by atoms with van der Waals surface area (Å²) < 4.78 is 5.02. The monoisotopic (exact) mass is 254 g/mol. The maximum atomic E-state index is 10.4. The Morgan fingerprint density at radius 3 is 2.76 bits per heavy atom. The van der Waals surface area contributed by atoms with Crippen molar-refractivity contribution in [3.8, 4) is 0 Å². The molecule has 94 valence electrons. The first-order chi connectivity index (χ1) is 8.29. The summed E-state index contributed by atoms with van der Waals surface area (Å²) in [4.78, 5) is 11.6. The molecule has 0 fully saturated rings. The predicted octanol–water partition coefficient (Wildman–Crippen LogP) is 0.870.